The Morgan fingerprint density at radius 2 is 1.81 bits per heavy atom. The Hall–Kier alpha value is -2.31. The molecule has 0 unspecified atom stereocenters. The molecule has 0 radical (unpaired) electrons. The summed E-state index contributed by atoms with van der Waals surface area (Å²) in [5, 5.41) is 0.656. The summed E-state index contributed by atoms with van der Waals surface area (Å²) in [6, 6.07) is 14.2. The van der Waals surface area contributed by atoms with Gasteiger partial charge in [0.1, 0.15) is 10.6 Å². The first-order valence-electron chi connectivity index (χ1n) is 8.58. The molecule has 0 aliphatic carbocycles. The van der Waals surface area contributed by atoms with Crippen molar-refractivity contribution in [3.8, 4) is 11.1 Å². The highest BCUT2D eigenvalue weighted by molar-refractivity contribution is 9.10. The fraction of sp³-hybridized carbons (Fsp3) is 0.143. The van der Waals surface area contributed by atoms with Crippen molar-refractivity contribution in [1.82, 2.24) is 9.55 Å². The Bertz CT molecular complexity index is 1160. The van der Waals surface area contributed by atoms with Crippen molar-refractivity contribution < 1.29 is 4.39 Å². The Morgan fingerprint density at radius 1 is 1.11 bits per heavy atom. The first kappa shape index (κ1) is 18.1. The van der Waals surface area contributed by atoms with Crippen LogP contribution in [0.2, 0.25) is 0 Å². The zero-order valence-corrected chi connectivity index (χ0v) is 17.0. The Labute approximate surface area is 168 Å². The van der Waals surface area contributed by atoms with Gasteiger partial charge >= 0.3 is 0 Å². The number of halogens is 2. The summed E-state index contributed by atoms with van der Waals surface area (Å²) in [6.07, 6.45) is 2.42. The van der Waals surface area contributed by atoms with Gasteiger partial charge in [-0.15, -0.1) is 11.3 Å². The molecule has 4 rings (SSSR count). The molecule has 0 aliphatic rings. The standard InChI is InChI=1S/C21H16BrFN2OS/c1-2-17-18(14-5-7-15(22)8-6-14)19-20(27-17)24-12-25(21(19)26)11-13-3-9-16(23)10-4-13/h3-10,12H,2,11H2,1H3. The van der Waals surface area contributed by atoms with Crippen molar-refractivity contribution in [3.05, 3.63) is 85.9 Å². The molecule has 4 aromatic rings. The lowest BCUT2D eigenvalue weighted by Crippen LogP contribution is -2.21. The monoisotopic (exact) mass is 442 g/mol. The molecule has 0 fully saturated rings. The minimum Gasteiger partial charge on any atom is -0.294 e. The molecule has 0 amide bonds. The van der Waals surface area contributed by atoms with Gasteiger partial charge < -0.3 is 0 Å². The summed E-state index contributed by atoms with van der Waals surface area (Å²) in [6.45, 7) is 2.45. The van der Waals surface area contributed by atoms with E-state index >= 15 is 0 Å². The van der Waals surface area contributed by atoms with Crippen LogP contribution in [0.4, 0.5) is 4.39 Å². The van der Waals surface area contributed by atoms with Gasteiger partial charge in [0, 0.05) is 14.9 Å². The topological polar surface area (TPSA) is 34.9 Å². The van der Waals surface area contributed by atoms with Crippen LogP contribution in [-0.2, 0) is 13.0 Å². The van der Waals surface area contributed by atoms with E-state index in [2.05, 4.69) is 27.8 Å². The first-order chi connectivity index (χ1) is 13.1. The van der Waals surface area contributed by atoms with E-state index in [1.165, 1.54) is 12.1 Å². The molecule has 3 nitrogen and oxygen atoms in total. The average Bonchev–Trinajstić information content (AvgIpc) is 3.06. The zero-order chi connectivity index (χ0) is 19.0. The molecular formula is C21H16BrFN2OS. The van der Waals surface area contributed by atoms with Gasteiger partial charge in [0.15, 0.2) is 0 Å². The highest BCUT2D eigenvalue weighted by atomic mass is 79.9. The number of aromatic nitrogens is 2. The number of nitrogens with zero attached hydrogens (tertiary/aromatic N) is 2. The molecule has 2 aromatic carbocycles. The fourth-order valence-corrected chi connectivity index (χ4v) is 4.50. The van der Waals surface area contributed by atoms with Crippen LogP contribution < -0.4 is 5.56 Å². The van der Waals surface area contributed by atoms with Gasteiger partial charge in [-0.2, -0.15) is 0 Å². The number of fused-ring (bicyclic) bond motifs is 1. The number of rotatable bonds is 4. The fourth-order valence-electron chi connectivity index (χ4n) is 3.14. The van der Waals surface area contributed by atoms with Crippen LogP contribution in [-0.4, -0.2) is 9.55 Å². The van der Waals surface area contributed by atoms with Crippen LogP contribution in [0.5, 0.6) is 0 Å². The van der Waals surface area contributed by atoms with Gasteiger partial charge in [0.25, 0.3) is 5.56 Å². The van der Waals surface area contributed by atoms with Gasteiger partial charge in [-0.05, 0) is 41.8 Å². The lowest BCUT2D eigenvalue weighted by atomic mass is 10.0. The van der Waals surface area contributed by atoms with Crippen LogP contribution in [0.15, 0.2) is 64.1 Å². The largest absolute Gasteiger partial charge is 0.294 e. The molecule has 0 saturated carbocycles. The molecule has 2 heterocycles. The SMILES string of the molecule is CCc1sc2ncn(Cc3ccc(F)cc3)c(=O)c2c1-c1ccc(Br)cc1. The van der Waals surface area contributed by atoms with Crippen LogP contribution in [0.1, 0.15) is 17.4 Å². The highest BCUT2D eigenvalue weighted by Gasteiger charge is 2.18. The molecule has 27 heavy (non-hydrogen) atoms. The van der Waals surface area contributed by atoms with E-state index in [1.807, 2.05) is 24.3 Å². The van der Waals surface area contributed by atoms with Crippen LogP contribution >= 0.6 is 27.3 Å². The van der Waals surface area contributed by atoms with Gasteiger partial charge in [-0.1, -0.05) is 47.1 Å². The summed E-state index contributed by atoms with van der Waals surface area (Å²) >= 11 is 5.03. The van der Waals surface area contributed by atoms with E-state index in [-0.39, 0.29) is 11.4 Å². The Morgan fingerprint density at radius 3 is 2.48 bits per heavy atom. The van der Waals surface area contributed by atoms with E-state index in [4.69, 9.17) is 0 Å². The maximum atomic E-state index is 13.2. The molecule has 0 spiro atoms. The minimum absolute atomic E-state index is 0.0711. The summed E-state index contributed by atoms with van der Waals surface area (Å²) < 4.78 is 15.7. The lowest BCUT2D eigenvalue weighted by Gasteiger charge is -2.07. The van der Waals surface area contributed by atoms with Gasteiger partial charge in [0.05, 0.1) is 18.3 Å². The van der Waals surface area contributed by atoms with E-state index in [9.17, 15) is 9.18 Å². The number of thiophene rings is 1. The Kier molecular flexibility index (Phi) is 4.93. The average molecular weight is 443 g/mol. The van der Waals surface area contributed by atoms with E-state index < -0.39 is 0 Å². The number of aryl methyl sites for hydroxylation is 1. The molecule has 0 atom stereocenters. The van der Waals surface area contributed by atoms with E-state index in [0.717, 1.165) is 37.3 Å². The van der Waals surface area contributed by atoms with Crippen molar-refractivity contribution in [2.75, 3.05) is 0 Å². The van der Waals surface area contributed by atoms with E-state index in [0.29, 0.717) is 11.9 Å². The number of benzene rings is 2. The van der Waals surface area contributed by atoms with E-state index in [1.54, 1.807) is 34.4 Å². The second-order valence-electron chi connectivity index (χ2n) is 6.24. The van der Waals surface area contributed by atoms with Crippen molar-refractivity contribution in [1.29, 1.82) is 0 Å². The van der Waals surface area contributed by atoms with Gasteiger partial charge in [-0.25, -0.2) is 9.37 Å². The predicted octanol–water partition coefficient (Wildman–Crippen LogP) is 5.64. The van der Waals surface area contributed by atoms with Gasteiger partial charge in [-0.3, -0.25) is 9.36 Å². The number of hydrogen-bond donors (Lipinski definition) is 0. The molecule has 136 valence electrons. The molecular weight excluding hydrogens is 427 g/mol. The molecule has 0 aliphatic heterocycles. The normalized spacial score (nSPS) is 11.2. The van der Waals surface area contributed by atoms with Crippen molar-refractivity contribution in [2.24, 2.45) is 0 Å². The molecule has 0 N–H and O–H groups in total. The summed E-state index contributed by atoms with van der Waals surface area (Å²) in [5.41, 5.74) is 2.77. The maximum Gasteiger partial charge on any atom is 0.263 e. The Balaban J connectivity index is 1.88. The lowest BCUT2D eigenvalue weighted by molar-refractivity contribution is 0.626. The third-order valence-electron chi connectivity index (χ3n) is 4.47. The van der Waals surface area contributed by atoms with Gasteiger partial charge in [0.2, 0.25) is 0 Å². The number of hydrogen-bond acceptors (Lipinski definition) is 3. The smallest absolute Gasteiger partial charge is 0.263 e. The predicted molar refractivity (Wildman–Crippen MR) is 112 cm³/mol. The molecule has 6 heteroatoms. The quantitative estimate of drug-likeness (QED) is 0.409. The second kappa shape index (κ2) is 7.37. The van der Waals surface area contributed by atoms with Crippen molar-refractivity contribution >= 4 is 37.5 Å². The maximum absolute atomic E-state index is 13.2. The van der Waals surface area contributed by atoms with Crippen LogP contribution in [0.3, 0.4) is 0 Å². The van der Waals surface area contributed by atoms with Crippen LogP contribution in [0, 0.1) is 5.82 Å². The first-order valence-corrected chi connectivity index (χ1v) is 10.2. The minimum atomic E-state index is -0.289. The third-order valence-corrected chi connectivity index (χ3v) is 6.24. The van der Waals surface area contributed by atoms with Crippen molar-refractivity contribution in [3.63, 3.8) is 0 Å². The molecule has 0 saturated heterocycles. The zero-order valence-electron chi connectivity index (χ0n) is 14.6. The summed E-state index contributed by atoms with van der Waals surface area (Å²) in [7, 11) is 0. The highest BCUT2D eigenvalue weighted by Crippen LogP contribution is 2.36. The van der Waals surface area contributed by atoms with Crippen LogP contribution in [0.25, 0.3) is 21.3 Å². The second-order valence-corrected chi connectivity index (χ2v) is 8.24. The summed E-state index contributed by atoms with van der Waals surface area (Å²) in [4.78, 5) is 19.7. The molecule has 0 bridgehead atoms. The van der Waals surface area contributed by atoms with Crippen molar-refractivity contribution in [2.45, 2.75) is 19.9 Å². The summed E-state index contributed by atoms with van der Waals surface area (Å²) in [5.74, 6) is -0.289. The molecule has 2 aromatic heterocycles. The third kappa shape index (κ3) is 3.47.